The predicted octanol–water partition coefficient (Wildman–Crippen LogP) is 2.19. The van der Waals surface area contributed by atoms with E-state index in [0.29, 0.717) is 13.0 Å². The van der Waals surface area contributed by atoms with Crippen LogP contribution in [0.2, 0.25) is 0 Å². The summed E-state index contributed by atoms with van der Waals surface area (Å²) >= 11 is 0. The van der Waals surface area contributed by atoms with E-state index in [-0.39, 0.29) is 17.9 Å². The van der Waals surface area contributed by atoms with Crippen molar-refractivity contribution in [3.8, 4) is 0 Å². The van der Waals surface area contributed by atoms with Crippen molar-refractivity contribution in [3.05, 3.63) is 71.0 Å². The van der Waals surface area contributed by atoms with Crippen molar-refractivity contribution in [1.29, 1.82) is 0 Å². The number of benzene rings is 2. The number of carbonyl (C=O) groups excluding carboxylic acids is 2. The van der Waals surface area contributed by atoms with Gasteiger partial charge in [0.15, 0.2) is 11.6 Å². The SMILES string of the molecule is O=C(CNC(=O)c1ccc(F)c(F)c1)NCCc1ccc(F)cc1. The summed E-state index contributed by atoms with van der Waals surface area (Å²) in [6, 6.07) is 8.63. The number of halogens is 3. The maximum absolute atomic E-state index is 13.0. The van der Waals surface area contributed by atoms with Crippen LogP contribution in [0.4, 0.5) is 13.2 Å². The summed E-state index contributed by atoms with van der Waals surface area (Å²) in [7, 11) is 0. The summed E-state index contributed by atoms with van der Waals surface area (Å²) in [5, 5.41) is 4.90. The number of hydrogen-bond donors (Lipinski definition) is 2. The molecule has 0 aliphatic heterocycles. The maximum Gasteiger partial charge on any atom is 0.251 e. The standard InChI is InChI=1S/C17H15F3N2O2/c18-13-4-1-11(2-5-13)7-8-21-16(23)10-22-17(24)12-3-6-14(19)15(20)9-12/h1-6,9H,7-8,10H2,(H,21,23)(H,22,24). The third kappa shape index (κ3) is 5.12. The van der Waals surface area contributed by atoms with E-state index in [2.05, 4.69) is 10.6 Å². The molecule has 0 atom stereocenters. The molecule has 2 rings (SSSR count). The Labute approximate surface area is 136 Å². The van der Waals surface area contributed by atoms with Gasteiger partial charge in [0.1, 0.15) is 5.82 Å². The van der Waals surface area contributed by atoms with Crippen LogP contribution >= 0.6 is 0 Å². The van der Waals surface area contributed by atoms with Gasteiger partial charge in [-0.3, -0.25) is 9.59 Å². The second-order valence-electron chi connectivity index (χ2n) is 5.04. The first-order chi connectivity index (χ1) is 11.5. The summed E-state index contributed by atoms with van der Waals surface area (Å²) in [5.74, 6) is -3.62. The topological polar surface area (TPSA) is 58.2 Å². The third-order valence-corrected chi connectivity index (χ3v) is 3.24. The van der Waals surface area contributed by atoms with Crippen LogP contribution in [0.5, 0.6) is 0 Å². The van der Waals surface area contributed by atoms with Crippen molar-refractivity contribution in [2.75, 3.05) is 13.1 Å². The van der Waals surface area contributed by atoms with E-state index in [4.69, 9.17) is 0 Å². The molecular weight excluding hydrogens is 321 g/mol. The van der Waals surface area contributed by atoms with Crippen LogP contribution in [-0.2, 0) is 11.2 Å². The zero-order chi connectivity index (χ0) is 17.5. The van der Waals surface area contributed by atoms with E-state index in [0.717, 1.165) is 23.8 Å². The van der Waals surface area contributed by atoms with E-state index >= 15 is 0 Å². The van der Waals surface area contributed by atoms with Gasteiger partial charge in [0.25, 0.3) is 5.91 Å². The Morgan fingerprint density at radius 1 is 0.875 bits per heavy atom. The highest BCUT2D eigenvalue weighted by atomic mass is 19.2. The van der Waals surface area contributed by atoms with Gasteiger partial charge in [0.2, 0.25) is 5.91 Å². The van der Waals surface area contributed by atoms with Crippen molar-refractivity contribution in [2.45, 2.75) is 6.42 Å². The molecule has 0 aliphatic rings. The van der Waals surface area contributed by atoms with Gasteiger partial charge in [-0.05, 0) is 42.3 Å². The molecule has 2 aromatic carbocycles. The fourth-order valence-electron chi connectivity index (χ4n) is 1.96. The Morgan fingerprint density at radius 2 is 1.58 bits per heavy atom. The number of carbonyl (C=O) groups is 2. The van der Waals surface area contributed by atoms with Gasteiger partial charge in [-0.15, -0.1) is 0 Å². The molecule has 0 fully saturated rings. The van der Waals surface area contributed by atoms with Gasteiger partial charge in [-0.2, -0.15) is 0 Å². The van der Waals surface area contributed by atoms with Crippen LogP contribution in [0.3, 0.4) is 0 Å². The molecule has 0 aliphatic carbocycles. The van der Waals surface area contributed by atoms with Crippen LogP contribution in [0.1, 0.15) is 15.9 Å². The molecule has 0 heterocycles. The molecule has 2 N–H and O–H groups in total. The average Bonchev–Trinajstić information content (AvgIpc) is 2.57. The van der Waals surface area contributed by atoms with Crippen molar-refractivity contribution in [3.63, 3.8) is 0 Å². The van der Waals surface area contributed by atoms with Crippen LogP contribution < -0.4 is 10.6 Å². The quantitative estimate of drug-likeness (QED) is 0.850. The molecule has 0 bridgehead atoms. The van der Waals surface area contributed by atoms with E-state index in [9.17, 15) is 22.8 Å². The fraction of sp³-hybridized carbons (Fsp3) is 0.176. The Hall–Kier alpha value is -2.83. The average molecular weight is 336 g/mol. The molecule has 2 amide bonds. The van der Waals surface area contributed by atoms with Gasteiger partial charge in [-0.1, -0.05) is 12.1 Å². The highest BCUT2D eigenvalue weighted by Gasteiger charge is 2.10. The lowest BCUT2D eigenvalue weighted by Gasteiger charge is -2.07. The zero-order valence-corrected chi connectivity index (χ0v) is 12.6. The Morgan fingerprint density at radius 3 is 2.25 bits per heavy atom. The van der Waals surface area contributed by atoms with Gasteiger partial charge in [-0.25, -0.2) is 13.2 Å². The Kier molecular flexibility index (Phi) is 5.95. The van der Waals surface area contributed by atoms with Gasteiger partial charge in [0, 0.05) is 12.1 Å². The lowest BCUT2D eigenvalue weighted by Crippen LogP contribution is -2.37. The highest BCUT2D eigenvalue weighted by Crippen LogP contribution is 2.08. The van der Waals surface area contributed by atoms with Gasteiger partial charge < -0.3 is 10.6 Å². The lowest BCUT2D eigenvalue weighted by atomic mass is 10.1. The largest absolute Gasteiger partial charge is 0.354 e. The molecule has 0 unspecified atom stereocenters. The molecule has 126 valence electrons. The second-order valence-corrected chi connectivity index (χ2v) is 5.04. The minimum absolute atomic E-state index is 0.0759. The van der Waals surface area contributed by atoms with Crippen LogP contribution in [-0.4, -0.2) is 24.9 Å². The Balaban J connectivity index is 1.73. The summed E-state index contributed by atoms with van der Waals surface area (Å²) in [4.78, 5) is 23.3. The van der Waals surface area contributed by atoms with Crippen molar-refractivity contribution >= 4 is 11.8 Å². The van der Waals surface area contributed by atoms with E-state index < -0.39 is 23.4 Å². The molecule has 2 aromatic rings. The van der Waals surface area contributed by atoms with Crippen LogP contribution in [0.15, 0.2) is 42.5 Å². The number of nitrogens with one attached hydrogen (secondary N) is 2. The first-order valence-corrected chi connectivity index (χ1v) is 7.20. The fourth-order valence-corrected chi connectivity index (χ4v) is 1.96. The summed E-state index contributed by atoms with van der Waals surface area (Å²) in [6.07, 6.45) is 0.517. The monoisotopic (exact) mass is 336 g/mol. The van der Waals surface area contributed by atoms with E-state index in [1.165, 1.54) is 12.1 Å². The Bertz CT molecular complexity index is 733. The van der Waals surface area contributed by atoms with E-state index in [1.807, 2.05) is 0 Å². The molecule has 24 heavy (non-hydrogen) atoms. The molecule has 0 saturated heterocycles. The summed E-state index contributed by atoms with van der Waals surface area (Å²) in [6.45, 7) is 0.0345. The number of amides is 2. The summed E-state index contributed by atoms with van der Waals surface area (Å²) in [5.41, 5.74) is 0.788. The minimum atomic E-state index is -1.13. The number of hydrogen-bond acceptors (Lipinski definition) is 2. The minimum Gasteiger partial charge on any atom is -0.354 e. The van der Waals surface area contributed by atoms with Gasteiger partial charge in [0.05, 0.1) is 6.54 Å². The molecule has 7 heteroatoms. The predicted molar refractivity (Wildman–Crippen MR) is 81.8 cm³/mol. The molecule has 0 aromatic heterocycles. The second kappa shape index (κ2) is 8.14. The normalized spacial score (nSPS) is 10.3. The van der Waals surface area contributed by atoms with Crippen molar-refractivity contribution < 1.29 is 22.8 Å². The third-order valence-electron chi connectivity index (χ3n) is 3.24. The van der Waals surface area contributed by atoms with Gasteiger partial charge >= 0.3 is 0 Å². The van der Waals surface area contributed by atoms with Crippen LogP contribution in [0.25, 0.3) is 0 Å². The van der Waals surface area contributed by atoms with Crippen molar-refractivity contribution in [1.82, 2.24) is 10.6 Å². The summed E-state index contributed by atoms with van der Waals surface area (Å²) < 4.78 is 38.6. The number of rotatable bonds is 6. The smallest absolute Gasteiger partial charge is 0.251 e. The molecule has 4 nitrogen and oxygen atoms in total. The van der Waals surface area contributed by atoms with E-state index in [1.54, 1.807) is 12.1 Å². The first kappa shape index (κ1) is 17.5. The zero-order valence-electron chi connectivity index (χ0n) is 12.6. The molecule has 0 saturated carbocycles. The first-order valence-electron chi connectivity index (χ1n) is 7.20. The van der Waals surface area contributed by atoms with Crippen LogP contribution in [0, 0.1) is 17.5 Å². The molecule has 0 radical (unpaired) electrons. The molecule has 0 spiro atoms. The maximum atomic E-state index is 13.0. The highest BCUT2D eigenvalue weighted by molar-refractivity contribution is 5.96. The molecular formula is C17H15F3N2O2. The van der Waals surface area contributed by atoms with Crippen molar-refractivity contribution in [2.24, 2.45) is 0 Å². The lowest BCUT2D eigenvalue weighted by molar-refractivity contribution is -0.120.